The van der Waals surface area contributed by atoms with Crippen LogP contribution in [0.25, 0.3) is 11.1 Å². The number of phenolic OH excluding ortho intramolecular Hbond substituents is 1. The molecule has 0 saturated heterocycles. The van der Waals surface area contributed by atoms with Gasteiger partial charge in [0.1, 0.15) is 11.5 Å². The lowest BCUT2D eigenvalue weighted by Crippen LogP contribution is -1.97. The van der Waals surface area contributed by atoms with Crippen LogP contribution in [0.3, 0.4) is 0 Å². The van der Waals surface area contributed by atoms with E-state index in [1.807, 2.05) is 48.5 Å². The van der Waals surface area contributed by atoms with E-state index in [1.54, 1.807) is 0 Å². The molecule has 26 heavy (non-hydrogen) atoms. The third-order valence-corrected chi connectivity index (χ3v) is 4.23. The summed E-state index contributed by atoms with van der Waals surface area (Å²) in [5, 5.41) is 29.1. The molecule has 0 aliphatic heterocycles. The lowest BCUT2D eigenvalue weighted by molar-refractivity contribution is -0.384. The van der Waals surface area contributed by atoms with Gasteiger partial charge in [0.2, 0.25) is 0 Å². The van der Waals surface area contributed by atoms with Crippen LogP contribution in [0.4, 0.5) is 5.69 Å². The number of nitro benzene ring substituents is 1. The average Bonchev–Trinajstić information content (AvgIpc) is 2.97. The number of rotatable bonds is 3. The van der Waals surface area contributed by atoms with Crippen LogP contribution in [0.1, 0.15) is 16.7 Å². The van der Waals surface area contributed by atoms with Crippen molar-refractivity contribution >= 4 is 17.6 Å². The topological polar surface area (TPSA) is 88.1 Å². The quantitative estimate of drug-likeness (QED) is 0.344. The van der Waals surface area contributed by atoms with Crippen LogP contribution in [-0.2, 0) is 0 Å². The van der Waals surface area contributed by atoms with E-state index >= 15 is 0 Å². The second kappa shape index (κ2) is 6.25. The van der Waals surface area contributed by atoms with Crippen LogP contribution in [-0.4, -0.2) is 22.0 Å². The zero-order valence-electron chi connectivity index (χ0n) is 13.5. The van der Waals surface area contributed by atoms with Gasteiger partial charge in [-0.3, -0.25) is 10.1 Å². The molecule has 126 valence electrons. The summed E-state index contributed by atoms with van der Waals surface area (Å²) in [6.45, 7) is 0. The van der Waals surface area contributed by atoms with Crippen molar-refractivity contribution in [2.45, 2.75) is 0 Å². The molecule has 0 spiro atoms. The lowest BCUT2D eigenvalue weighted by Gasteiger charge is -1.99. The Bertz CT molecular complexity index is 1040. The molecule has 0 saturated carbocycles. The number of nitro groups is 1. The Labute approximate surface area is 148 Å². The molecule has 6 heteroatoms. The average molecular weight is 343 g/mol. The van der Waals surface area contributed by atoms with Crippen molar-refractivity contribution in [3.05, 3.63) is 93.5 Å². The molecule has 0 aromatic heterocycles. The van der Waals surface area contributed by atoms with E-state index in [2.05, 4.69) is 10.2 Å². The monoisotopic (exact) mass is 343 g/mol. The molecule has 3 aromatic carbocycles. The molecule has 1 aliphatic carbocycles. The van der Waals surface area contributed by atoms with Crippen LogP contribution >= 0.6 is 0 Å². The van der Waals surface area contributed by atoms with Crippen molar-refractivity contribution < 1.29 is 10.0 Å². The number of hydrogen-bond donors (Lipinski definition) is 1. The zero-order chi connectivity index (χ0) is 18.1. The molecule has 0 unspecified atom stereocenters. The maximum atomic E-state index is 10.9. The Kier molecular flexibility index (Phi) is 3.78. The minimum Gasteiger partial charge on any atom is -0.507 e. The van der Waals surface area contributed by atoms with E-state index in [9.17, 15) is 15.2 Å². The van der Waals surface area contributed by atoms with Gasteiger partial charge in [0.15, 0.2) is 0 Å². The third-order valence-electron chi connectivity index (χ3n) is 4.23. The van der Waals surface area contributed by atoms with Crippen molar-refractivity contribution in [1.82, 2.24) is 0 Å². The summed E-state index contributed by atoms with van der Waals surface area (Å²) in [4.78, 5) is 10.4. The molecule has 3 aromatic rings. The third kappa shape index (κ3) is 2.63. The molecule has 1 N–H and O–H groups in total. The highest BCUT2D eigenvalue weighted by atomic mass is 16.6. The fourth-order valence-corrected chi connectivity index (χ4v) is 3.01. The number of nitrogens with zero attached hydrogens (tertiary/aromatic N) is 3. The van der Waals surface area contributed by atoms with Gasteiger partial charge in [-0.1, -0.05) is 48.5 Å². The van der Waals surface area contributed by atoms with Crippen molar-refractivity contribution in [2.75, 3.05) is 0 Å². The Hall–Kier alpha value is -3.80. The molecule has 6 nitrogen and oxygen atoms in total. The van der Waals surface area contributed by atoms with E-state index in [0.717, 1.165) is 28.0 Å². The molecular weight excluding hydrogens is 330 g/mol. The first-order valence-electron chi connectivity index (χ1n) is 7.93. The summed E-state index contributed by atoms with van der Waals surface area (Å²) >= 11 is 0. The highest BCUT2D eigenvalue weighted by Gasteiger charge is 2.23. The summed E-state index contributed by atoms with van der Waals surface area (Å²) in [6.07, 6.45) is 1.32. The van der Waals surface area contributed by atoms with Crippen molar-refractivity contribution in [3.63, 3.8) is 0 Å². The van der Waals surface area contributed by atoms with Crippen LogP contribution < -0.4 is 0 Å². The van der Waals surface area contributed by atoms with Gasteiger partial charge in [0.25, 0.3) is 5.69 Å². The molecule has 0 amide bonds. The number of hydrogen-bond acceptors (Lipinski definition) is 5. The van der Waals surface area contributed by atoms with Crippen LogP contribution in [0.5, 0.6) is 5.75 Å². The number of aromatic hydroxyl groups is 1. The van der Waals surface area contributed by atoms with E-state index in [4.69, 9.17) is 0 Å². The molecule has 0 atom stereocenters. The van der Waals surface area contributed by atoms with Gasteiger partial charge in [0, 0.05) is 28.8 Å². The largest absolute Gasteiger partial charge is 0.507 e. The Morgan fingerprint density at radius 1 is 0.885 bits per heavy atom. The number of benzene rings is 3. The summed E-state index contributed by atoms with van der Waals surface area (Å²) in [6, 6.07) is 19.6. The summed E-state index contributed by atoms with van der Waals surface area (Å²) in [7, 11) is 0. The minimum atomic E-state index is -0.522. The van der Waals surface area contributed by atoms with Gasteiger partial charge in [-0.2, -0.15) is 5.10 Å². The van der Waals surface area contributed by atoms with E-state index in [1.165, 1.54) is 24.4 Å². The number of phenols is 1. The van der Waals surface area contributed by atoms with Crippen LogP contribution in [0, 0.1) is 10.1 Å². The standard InChI is InChI=1S/C20H13N3O3/c24-19-10-9-14(23(25)26)11-13(19)12-21-22-20-17-7-3-1-5-15(17)16-6-2-4-8-18(16)20/h1-12,24H/b21-12+. The summed E-state index contributed by atoms with van der Waals surface area (Å²) in [5.74, 6) is -0.0910. The van der Waals surface area contributed by atoms with E-state index in [0.29, 0.717) is 0 Å². The molecule has 0 heterocycles. The Morgan fingerprint density at radius 2 is 1.46 bits per heavy atom. The first kappa shape index (κ1) is 15.7. The predicted octanol–water partition coefficient (Wildman–Crippen LogP) is 4.15. The van der Waals surface area contributed by atoms with Gasteiger partial charge in [-0.05, 0) is 17.2 Å². The first-order valence-corrected chi connectivity index (χ1v) is 7.93. The molecule has 4 rings (SSSR count). The molecule has 0 bridgehead atoms. The Balaban J connectivity index is 1.75. The maximum Gasteiger partial charge on any atom is 0.270 e. The predicted molar refractivity (Wildman–Crippen MR) is 99.9 cm³/mol. The van der Waals surface area contributed by atoms with E-state index < -0.39 is 4.92 Å². The van der Waals surface area contributed by atoms with Gasteiger partial charge in [-0.25, -0.2) is 0 Å². The second-order valence-electron chi connectivity index (χ2n) is 5.78. The van der Waals surface area contributed by atoms with Gasteiger partial charge in [0.05, 0.1) is 11.1 Å². The fourth-order valence-electron chi connectivity index (χ4n) is 3.01. The molecule has 0 radical (unpaired) electrons. The smallest absolute Gasteiger partial charge is 0.270 e. The van der Waals surface area contributed by atoms with Crippen molar-refractivity contribution in [2.24, 2.45) is 10.2 Å². The highest BCUT2D eigenvalue weighted by molar-refractivity contribution is 6.24. The van der Waals surface area contributed by atoms with Gasteiger partial charge < -0.3 is 5.11 Å². The minimum absolute atomic E-state index is 0.0910. The second-order valence-corrected chi connectivity index (χ2v) is 5.78. The fraction of sp³-hybridized carbons (Fsp3) is 0. The zero-order valence-corrected chi connectivity index (χ0v) is 13.5. The first-order chi connectivity index (χ1) is 12.6. The normalized spacial score (nSPS) is 12.1. The van der Waals surface area contributed by atoms with Gasteiger partial charge >= 0.3 is 0 Å². The maximum absolute atomic E-state index is 10.9. The molecular formula is C20H13N3O3. The highest BCUT2D eigenvalue weighted by Crippen LogP contribution is 2.36. The summed E-state index contributed by atoms with van der Waals surface area (Å²) < 4.78 is 0. The van der Waals surface area contributed by atoms with Crippen molar-refractivity contribution in [1.29, 1.82) is 0 Å². The van der Waals surface area contributed by atoms with Gasteiger partial charge in [-0.15, -0.1) is 5.10 Å². The lowest BCUT2D eigenvalue weighted by atomic mass is 10.1. The SMILES string of the molecule is O=[N+]([O-])c1ccc(O)c(/C=N/N=C2c3ccccc3-c3ccccc32)c1. The Morgan fingerprint density at radius 3 is 2.04 bits per heavy atom. The molecule has 1 aliphatic rings. The van der Waals surface area contributed by atoms with Crippen LogP contribution in [0.2, 0.25) is 0 Å². The number of fused-ring (bicyclic) bond motifs is 3. The summed E-state index contributed by atoms with van der Waals surface area (Å²) in [5.41, 5.74) is 5.00. The van der Waals surface area contributed by atoms with Crippen LogP contribution in [0.15, 0.2) is 76.9 Å². The van der Waals surface area contributed by atoms with E-state index in [-0.39, 0.29) is 17.0 Å². The molecule has 0 fully saturated rings. The number of non-ortho nitro benzene ring substituents is 1. The van der Waals surface area contributed by atoms with Crippen molar-refractivity contribution in [3.8, 4) is 16.9 Å².